The summed E-state index contributed by atoms with van der Waals surface area (Å²) in [6.45, 7) is 5.49. The number of hydrogen-bond acceptors (Lipinski definition) is 4. The summed E-state index contributed by atoms with van der Waals surface area (Å²) in [4.78, 5) is 4.62. The molecule has 1 atom stereocenters. The lowest BCUT2D eigenvalue weighted by atomic mass is 9.91. The van der Waals surface area contributed by atoms with Crippen LogP contribution in [0.25, 0.3) is 0 Å². The molecule has 5 nitrogen and oxygen atoms in total. The highest BCUT2D eigenvalue weighted by Gasteiger charge is 2.28. The van der Waals surface area contributed by atoms with E-state index in [-0.39, 0.29) is 6.04 Å². The molecule has 24 heavy (non-hydrogen) atoms. The van der Waals surface area contributed by atoms with Gasteiger partial charge in [-0.3, -0.25) is 0 Å². The second-order valence-corrected chi connectivity index (χ2v) is 6.19. The Morgan fingerprint density at radius 2 is 2.08 bits per heavy atom. The number of nitrogens with one attached hydrogen (secondary N) is 1. The number of nitriles is 1. The summed E-state index contributed by atoms with van der Waals surface area (Å²) >= 11 is 0. The van der Waals surface area contributed by atoms with Crippen LogP contribution in [-0.4, -0.2) is 22.8 Å². The Morgan fingerprint density at radius 3 is 2.75 bits per heavy atom. The molecule has 1 aromatic heterocycles. The first-order valence-corrected chi connectivity index (χ1v) is 8.63. The summed E-state index contributed by atoms with van der Waals surface area (Å²) in [5, 5.41) is 12.6. The van der Waals surface area contributed by atoms with Gasteiger partial charge in [-0.15, -0.1) is 0 Å². The van der Waals surface area contributed by atoms with Crippen LogP contribution in [0.4, 0.5) is 0 Å². The third-order valence-electron chi connectivity index (χ3n) is 4.71. The predicted octanol–water partition coefficient (Wildman–Crippen LogP) is 3.03. The van der Waals surface area contributed by atoms with Crippen LogP contribution in [0.5, 0.6) is 0 Å². The molecule has 1 aliphatic heterocycles. The predicted molar refractivity (Wildman–Crippen MR) is 92.2 cm³/mol. The van der Waals surface area contributed by atoms with Crippen LogP contribution in [0.2, 0.25) is 0 Å². The SMILES string of the molecule is CCn1ccnc1[C@@H](NCc1ccc(C#N)cc1)C1CCOCC1. The molecule has 0 amide bonds. The quantitative estimate of drug-likeness (QED) is 0.887. The minimum Gasteiger partial charge on any atom is -0.381 e. The van der Waals surface area contributed by atoms with E-state index in [0.29, 0.717) is 11.5 Å². The zero-order valence-corrected chi connectivity index (χ0v) is 14.1. The first-order chi connectivity index (χ1) is 11.8. The van der Waals surface area contributed by atoms with Crippen molar-refractivity contribution in [3.05, 3.63) is 53.6 Å². The van der Waals surface area contributed by atoms with Gasteiger partial charge in [-0.05, 0) is 43.4 Å². The van der Waals surface area contributed by atoms with Gasteiger partial charge in [0.2, 0.25) is 0 Å². The standard InChI is InChI=1S/C19H24N4O/c1-2-23-10-9-21-19(23)18(17-7-11-24-12-8-17)22-14-16-5-3-15(13-20)4-6-16/h3-6,9-10,17-18,22H,2,7-8,11-12,14H2,1H3/t18-/m0/s1. The number of aromatic nitrogens is 2. The number of hydrogen-bond donors (Lipinski definition) is 1. The smallest absolute Gasteiger partial charge is 0.126 e. The van der Waals surface area contributed by atoms with Crippen LogP contribution < -0.4 is 5.32 Å². The Kier molecular flexibility index (Phi) is 5.63. The lowest BCUT2D eigenvalue weighted by molar-refractivity contribution is 0.0517. The molecule has 2 heterocycles. The van der Waals surface area contributed by atoms with Gasteiger partial charge in [0.05, 0.1) is 17.7 Å². The van der Waals surface area contributed by atoms with Gasteiger partial charge in [-0.1, -0.05) is 12.1 Å². The maximum absolute atomic E-state index is 8.91. The molecule has 2 aromatic rings. The second kappa shape index (κ2) is 8.09. The fourth-order valence-corrected chi connectivity index (χ4v) is 3.31. The van der Waals surface area contributed by atoms with Crippen molar-refractivity contribution in [1.82, 2.24) is 14.9 Å². The second-order valence-electron chi connectivity index (χ2n) is 6.19. The minimum atomic E-state index is 0.222. The zero-order valence-electron chi connectivity index (χ0n) is 14.1. The van der Waals surface area contributed by atoms with Crippen LogP contribution in [0.1, 0.15) is 42.8 Å². The van der Waals surface area contributed by atoms with Crippen molar-refractivity contribution in [3.8, 4) is 6.07 Å². The van der Waals surface area contributed by atoms with Gasteiger partial charge in [0.15, 0.2) is 0 Å². The first-order valence-electron chi connectivity index (χ1n) is 8.63. The van der Waals surface area contributed by atoms with Crippen LogP contribution in [0.15, 0.2) is 36.7 Å². The molecular weight excluding hydrogens is 300 g/mol. The van der Waals surface area contributed by atoms with E-state index in [1.54, 1.807) is 0 Å². The summed E-state index contributed by atoms with van der Waals surface area (Å²) in [5.74, 6) is 1.64. The fraction of sp³-hybridized carbons (Fsp3) is 0.474. The van der Waals surface area contributed by atoms with E-state index in [1.165, 1.54) is 5.56 Å². The Labute approximate surface area is 143 Å². The van der Waals surface area contributed by atoms with Crippen LogP contribution in [-0.2, 0) is 17.8 Å². The van der Waals surface area contributed by atoms with Crippen molar-refractivity contribution in [2.24, 2.45) is 5.92 Å². The number of aryl methyl sites for hydroxylation is 1. The number of imidazole rings is 1. The maximum Gasteiger partial charge on any atom is 0.126 e. The topological polar surface area (TPSA) is 62.9 Å². The van der Waals surface area contributed by atoms with E-state index in [2.05, 4.69) is 27.9 Å². The molecule has 126 valence electrons. The van der Waals surface area contributed by atoms with E-state index in [4.69, 9.17) is 10.00 Å². The third-order valence-corrected chi connectivity index (χ3v) is 4.71. The maximum atomic E-state index is 8.91. The Morgan fingerprint density at radius 1 is 1.33 bits per heavy atom. The van der Waals surface area contributed by atoms with Crippen molar-refractivity contribution in [2.45, 2.75) is 38.9 Å². The molecule has 5 heteroatoms. The van der Waals surface area contributed by atoms with Gasteiger partial charge in [0, 0.05) is 38.7 Å². The van der Waals surface area contributed by atoms with Gasteiger partial charge in [0.25, 0.3) is 0 Å². The molecule has 1 saturated heterocycles. The van der Waals surface area contributed by atoms with E-state index in [1.807, 2.05) is 36.7 Å². The first kappa shape index (κ1) is 16.7. The number of rotatable bonds is 6. The van der Waals surface area contributed by atoms with Crippen LogP contribution >= 0.6 is 0 Å². The average Bonchev–Trinajstić information content (AvgIpc) is 3.12. The fourth-order valence-electron chi connectivity index (χ4n) is 3.31. The molecule has 1 N–H and O–H groups in total. The van der Waals surface area contributed by atoms with Crippen molar-refractivity contribution < 1.29 is 4.74 Å². The Balaban J connectivity index is 1.75. The van der Waals surface area contributed by atoms with E-state index >= 15 is 0 Å². The molecule has 1 aromatic carbocycles. The van der Waals surface area contributed by atoms with Gasteiger partial charge in [0.1, 0.15) is 5.82 Å². The van der Waals surface area contributed by atoms with Crippen molar-refractivity contribution in [3.63, 3.8) is 0 Å². The molecular formula is C19H24N4O. The molecule has 0 unspecified atom stereocenters. The normalized spacial score (nSPS) is 16.7. The van der Waals surface area contributed by atoms with E-state index in [9.17, 15) is 0 Å². The van der Waals surface area contributed by atoms with Gasteiger partial charge in [-0.2, -0.15) is 5.26 Å². The van der Waals surface area contributed by atoms with Gasteiger partial charge in [-0.25, -0.2) is 4.98 Å². The molecule has 1 aliphatic rings. The molecule has 3 rings (SSSR count). The number of nitrogens with zero attached hydrogens (tertiary/aromatic N) is 3. The number of benzene rings is 1. The lowest BCUT2D eigenvalue weighted by Crippen LogP contribution is -2.33. The van der Waals surface area contributed by atoms with Gasteiger partial charge >= 0.3 is 0 Å². The largest absolute Gasteiger partial charge is 0.381 e. The Hall–Kier alpha value is -2.16. The average molecular weight is 324 g/mol. The highest BCUT2D eigenvalue weighted by Crippen LogP contribution is 2.29. The van der Waals surface area contributed by atoms with Crippen molar-refractivity contribution in [2.75, 3.05) is 13.2 Å². The third kappa shape index (κ3) is 3.84. The zero-order chi connectivity index (χ0) is 16.8. The lowest BCUT2D eigenvalue weighted by Gasteiger charge is -2.31. The molecule has 0 saturated carbocycles. The summed E-state index contributed by atoms with van der Waals surface area (Å²) in [7, 11) is 0. The van der Waals surface area contributed by atoms with E-state index < -0.39 is 0 Å². The van der Waals surface area contributed by atoms with Crippen LogP contribution in [0.3, 0.4) is 0 Å². The summed E-state index contributed by atoms with van der Waals surface area (Å²) in [6, 6.07) is 10.1. The van der Waals surface area contributed by atoms with Gasteiger partial charge < -0.3 is 14.6 Å². The molecule has 1 fully saturated rings. The highest BCUT2D eigenvalue weighted by atomic mass is 16.5. The summed E-state index contributed by atoms with van der Waals surface area (Å²) in [6.07, 6.45) is 6.04. The molecule has 0 spiro atoms. The Bertz CT molecular complexity index is 680. The highest BCUT2D eigenvalue weighted by molar-refractivity contribution is 5.31. The number of ether oxygens (including phenoxy) is 1. The molecule has 0 radical (unpaired) electrons. The molecule has 0 bridgehead atoms. The van der Waals surface area contributed by atoms with Crippen molar-refractivity contribution >= 4 is 0 Å². The van der Waals surface area contributed by atoms with Crippen molar-refractivity contribution in [1.29, 1.82) is 5.26 Å². The van der Waals surface area contributed by atoms with Crippen LogP contribution in [0, 0.1) is 17.2 Å². The minimum absolute atomic E-state index is 0.222. The summed E-state index contributed by atoms with van der Waals surface area (Å²) in [5.41, 5.74) is 1.88. The van der Waals surface area contributed by atoms with E-state index in [0.717, 1.165) is 45.0 Å². The summed E-state index contributed by atoms with van der Waals surface area (Å²) < 4.78 is 7.74. The monoisotopic (exact) mass is 324 g/mol. The molecule has 0 aliphatic carbocycles.